The summed E-state index contributed by atoms with van der Waals surface area (Å²) in [4.78, 5) is 19.3. The first-order valence-corrected chi connectivity index (χ1v) is 10.2. The second-order valence-electron chi connectivity index (χ2n) is 7.41. The van der Waals surface area contributed by atoms with E-state index in [0.717, 1.165) is 22.5 Å². The number of hydrogen-bond acceptors (Lipinski definition) is 4. The summed E-state index contributed by atoms with van der Waals surface area (Å²) < 4.78 is 1.19. The molecule has 1 N–H and O–H groups in total. The largest absolute Gasteiger partial charge is 0.348 e. The number of hydrogen-bond donors (Lipinski definition) is 1. The Morgan fingerprint density at radius 3 is 2.52 bits per heavy atom. The third kappa shape index (κ3) is 5.62. The molecule has 0 radical (unpaired) electrons. The lowest BCUT2D eigenvalue weighted by molar-refractivity contribution is -0.122. The van der Waals surface area contributed by atoms with Gasteiger partial charge in [0.25, 0.3) is 0 Å². The van der Waals surface area contributed by atoms with Crippen molar-refractivity contribution >= 4 is 27.5 Å². The number of fused-ring (bicyclic) bond motifs is 1. The summed E-state index contributed by atoms with van der Waals surface area (Å²) in [6, 6.07) is 18.4. The Hall–Kier alpha value is -2.24. The van der Waals surface area contributed by atoms with E-state index in [4.69, 9.17) is 0 Å². The van der Waals surface area contributed by atoms with Gasteiger partial charge in [-0.05, 0) is 37.1 Å². The second-order valence-corrected chi connectivity index (χ2v) is 8.52. The molecule has 3 rings (SSSR count). The first-order chi connectivity index (χ1) is 13.0. The van der Waals surface area contributed by atoms with Crippen molar-refractivity contribution < 1.29 is 4.79 Å². The van der Waals surface area contributed by atoms with Crippen LogP contribution in [0.4, 0.5) is 0 Å². The van der Waals surface area contributed by atoms with Crippen molar-refractivity contribution in [3.05, 3.63) is 65.2 Å². The molecule has 4 nitrogen and oxygen atoms in total. The fraction of sp³-hybridized carbons (Fsp3) is 0.364. The molecule has 27 heavy (non-hydrogen) atoms. The van der Waals surface area contributed by atoms with Crippen molar-refractivity contribution in [1.82, 2.24) is 15.2 Å². The number of aromatic nitrogens is 1. The van der Waals surface area contributed by atoms with Gasteiger partial charge in [-0.25, -0.2) is 4.98 Å². The second kappa shape index (κ2) is 9.11. The molecular weight excluding hydrogens is 354 g/mol. The Morgan fingerprint density at radius 1 is 1.11 bits per heavy atom. The van der Waals surface area contributed by atoms with Crippen LogP contribution in [0.3, 0.4) is 0 Å². The normalized spacial score (nSPS) is 12.6. The molecular formula is C22H27N3OS. The van der Waals surface area contributed by atoms with E-state index in [0.29, 0.717) is 19.0 Å². The van der Waals surface area contributed by atoms with Gasteiger partial charge in [0.2, 0.25) is 5.91 Å². The average molecular weight is 382 g/mol. The van der Waals surface area contributed by atoms with Crippen LogP contribution in [0.15, 0.2) is 54.6 Å². The van der Waals surface area contributed by atoms with Crippen LogP contribution in [-0.2, 0) is 11.3 Å². The highest BCUT2D eigenvalue weighted by molar-refractivity contribution is 7.18. The molecule has 142 valence electrons. The minimum absolute atomic E-state index is 0.0492. The van der Waals surface area contributed by atoms with Gasteiger partial charge in [0, 0.05) is 0 Å². The number of carbonyl (C=O) groups is 1. The van der Waals surface area contributed by atoms with E-state index >= 15 is 0 Å². The van der Waals surface area contributed by atoms with Crippen molar-refractivity contribution in [3.8, 4) is 0 Å². The first kappa shape index (κ1) is 19.5. The fourth-order valence-electron chi connectivity index (χ4n) is 3.19. The Kier molecular flexibility index (Phi) is 6.58. The molecule has 0 aliphatic rings. The number of amides is 1. The van der Waals surface area contributed by atoms with Crippen molar-refractivity contribution in [2.75, 3.05) is 13.6 Å². The van der Waals surface area contributed by atoms with Gasteiger partial charge in [0.15, 0.2) is 0 Å². The predicted octanol–water partition coefficient (Wildman–Crippen LogP) is 4.63. The van der Waals surface area contributed by atoms with Gasteiger partial charge in [-0.3, -0.25) is 9.69 Å². The monoisotopic (exact) mass is 381 g/mol. The van der Waals surface area contributed by atoms with E-state index in [9.17, 15) is 4.79 Å². The van der Waals surface area contributed by atoms with Crippen LogP contribution >= 0.6 is 11.3 Å². The van der Waals surface area contributed by atoms with Crippen molar-refractivity contribution in [1.29, 1.82) is 0 Å². The summed E-state index contributed by atoms with van der Waals surface area (Å²) in [6.07, 6.45) is 0.928. The number of carbonyl (C=O) groups excluding carboxylic acids is 1. The van der Waals surface area contributed by atoms with Gasteiger partial charge in [0.05, 0.1) is 29.3 Å². The highest BCUT2D eigenvalue weighted by Gasteiger charge is 2.17. The Labute approximate surface area is 165 Å². The van der Waals surface area contributed by atoms with Crippen LogP contribution in [0.25, 0.3) is 10.2 Å². The van der Waals surface area contributed by atoms with E-state index in [1.807, 2.05) is 48.3 Å². The SMILES string of the molecule is CC(C)C[C@@H](NC(=O)CN(C)Cc1nc2ccccc2s1)c1ccccc1. The number of nitrogens with one attached hydrogen (secondary N) is 1. The molecule has 0 spiro atoms. The number of likely N-dealkylation sites (N-methyl/N-ethyl adjacent to an activating group) is 1. The van der Waals surface area contributed by atoms with Gasteiger partial charge >= 0.3 is 0 Å². The zero-order chi connectivity index (χ0) is 19.2. The summed E-state index contributed by atoms with van der Waals surface area (Å²) >= 11 is 1.69. The predicted molar refractivity (Wildman–Crippen MR) is 113 cm³/mol. The Bertz CT molecular complexity index is 842. The maximum Gasteiger partial charge on any atom is 0.234 e. The lowest BCUT2D eigenvalue weighted by Crippen LogP contribution is -2.37. The van der Waals surface area contributed by atoms with Gasteiger partial charge < -0.3 is 5.32 Å². The third-order valence-electron chi connectivity index (χ3n) is 4.40. The van der Waals surface area contributed by atoms with Crippen molar-refractivity contribution in [3.63, 3.8) is 0 Å². The average Bonchev–Trinajstić information content (AvgIpc) is 3.03. The molecule has 3 aromatic rings. The molecule has 1 atom stereocenters. The highest BCUT2D eigenvalue weighted by Crippen LogP contribution is 2.23. The summed E-state index contributed by atoms with van der Waals surface area (Å²) in [5.74, 6) is 0.559. The van der Waals surface area contributed by atoms with Gasteiger partial charge in [-0.15, -0.1) is 11.3 Å². The first-order valence-electron chi connectivity index (χ1n) is 9.38. The van der Waals surface area contributed by atoms with Crippen molar-refractivity contribution in [2.24, 2.45) is 5.92 Å². The summed E-state index contributed by atoms with van der Waals surface area (Å²) in [6.45, 7) is 5.40. The lowest BCUT2D eigenvalue weighted by Gasteiger charge is -2.23. The van der Waals surface area contributed by atoms with Crippen LogP contribution in [0.2, 0.25) is 0 Å². The number of benzene rings is 2. The maximum atomic E-state index is 12.6. The molecule has 1 aromatic heterocycles. The van der Waals surface area contributed by atoms with Crippen LogP contribution < -0.4 is 5.32 Å². The zero-order valence-corrected chi connectivity index (χ0v) is 17.0. The van der Waals surface area contributed by atoms with E-state index in [-0.39, 0.29) is 11.9 Å². The third-order valence-corrected chi connectivity index (χ3v) is 5.42. The minimum atomic E-state index is 0.0492. The standard InChI is InChI=1S/C22H27N3OS/c1-16(2)13-19(17-9-5-4-6-10-17)23-21(26)14-25(3)15-22-24-18-11-7-8-12-20(18)27-22/h4-12,16,19H,13-15H2,1-3H3,(H,23,26)/t19-/m1/s1. The molecule has 2 aromatic carbocycles. The number of thiazole rings is 1. The number of nitrogens with zero attached hydrogens (tertiary/aromatic N) is 2. The van der Waals surface area contributed by atoms with E-state index < -0.39 is 0 Å². The quantitative estimate of drug-likeness (QED) is 0.619. The molecule has 0 saturated carbocycles. The van der Waals surface area contributed by atoms with Crippen LogP contribution in [-0.4, -0.2) is 29.4 Å². The summed E-state index contributed by atoms with van der Waals surface area (Å²) in [7, 11) is 1.96. The molecule has 0 aliphatic heterocycles. The summed E-state index contributed by atoms with van der Waals surface area (Å²) in [5, 5.41) is 4.25. The minimum Gasteiger partial charge on any atom is -0.348 e. The van der Waals surface area contributed by atoms with Crippen molar-refractivity contribution in [2.45, 2.75) is 32.9 Å². The smallest absolute Gasteiger partial charge is 0.234 e. The molecule has 1 heterocycles. The molecule has 1 amide bonds. The van der Waals surface area contributed by atoms with Gasteiger partial charge in [-0.2, -0.15) is 0 Å². The summed E-state index contributed by atoms with van der Waals surface area (Å²) in [5.41, 5.74) is 2.19. The lowest BCUT2D eigenvalue weighted by atomic mass is 9.97. The zero-order valence-electron chi connectivity index (χ0n) is 16.2. The molecule has 0 saturated heterocycles. The number of rotatable bonds is 8. The molecule has 0 unspecified atom stereocenters. The molecule has 0 fully saturated rings. The van der Waals surface area contributed by atoms with E-state index in [2.05, 4.69) is 42.3 Å². The number of para-hydroxylation sites is 1. The molecule has 5 heteroatoms. The molecule has 0 aliphatic carbocycles. The van der Waals surface area contributed by atoms with Gasteiger partial charge in [-0.1, -0.05) is 56.3 Å². The topological polar surface area (TPSA) is 45.2 Å². The van der Waals surface area contributed by atoms with Crippen LogP contribution in [0.5, 0.6) is 0 Å². The van der Waals surface area contributed by atoms with Crippen LogP contribution in [0.1, 0.15) is 36.9 Å². The molecule has 0 bridgehead atoms. The van der Waals surface area contributed by atoms with E-state index in [1.165, 1.54) is 4.70 Å². The van der Waals surface area contributed by atoms with Gasteiger partial charge in [0.1, 0.15) is 5.01 Å². The highest BCUT2D eigenvalue weighted by atomic mass is 32.1. The Balaban J connectivity index is 1.59. The van der Waals surface area contributed by atoms with E-state index in [1.54, 1.807) is 11.3 Å². The Morgan fingerprint density at radius 2 is 1.81 bits per heavy atom. The van der Waals surface area contributed by atoms with Crippen LogP contribution in [0, 0.1) is 5.92 Å². The fourth-order valence-corrected chi connectivity index (χ4v) is 4.24. The maximum absolute atomic E-state index is 12.6.